The van der Waals surface area contributed by atoms with Crippen LogP contribution in [0.2, 0.25) is 0 Å². The molecule has 0 aliphatic carbocycles. The van der Waals surface area contributed by atoms with E-state index >= 15 is 0 Å². The van der Waals surface area contributed by atoms with Crippen molar-refractivity contribution in [2.75, 3.05) is 5.75 Å². The molecule has 0 amide bonds. The van der Waals surface area contributed by atoms with Gasteiger partial charge in [-0.2, -0.15) is 11.8 Å². The average Bonchev–Trinajstić information content (AvgIpc) is 2.00. The van der Waals surface area contributed by atoms with Gasteiger partial charge in [0.05, 0.1) is 0 Å². The van der Waals surface area contributed by atoms with Crippen molar-refractivity contribution < 1.29 is 4.79 Å². The fraction of sp³-hybridized carbons (Fsp3) is 0.750. The van der Waals surface area contributed by atoms with Gasteiger partial charge in [-0.3, -0.25) is 4.79 Å². The van der Waals surface area contributed by atoms with Gasteiger partial charge in [-0.05, 0) is 19.8 Å². The van der Waals surface area contributed by atoms with Crippen LogP contribution in [0.15, 0.2) is 12.2 Å². The van der Waals surface area contributed by atoms with Crippen LogP contribution in [0.4, 0.5) is 0 Å². The molecular formula is C12H20OS. The Morgan fingerprint density at radius 2 is 2.29 bits per heavy atom. The van der Waals surface area contributed by atoms with E-state index in [1.165, 1.54) is 5.57 Å². The molecule has 0 bridgehead atoms. The summed E-state index contributed by atoms with van der Waals surface area (Å²) >= 11 is 1.93. The molecule has 1 aliphatic heterocycles. The summed E-state index contributed by atoms with van der Waals surface area (Å²) in [7, 11) is 0. The number of thioether (sulfide) groups is 1. The molecule has 0 aromatic heterocycles. The number of rotatable bonds is 3. The molecule has 0 N–H and O–H groups in total. The minimum Gasteiger partial charge on any atom is -0.299 e. The Morgan fingerprint density at radius 3 is 2.79 bits per heavy atom. The van der Waals surface area contributed by atoms with Crippen molar-refractivity contribution in [2.24, 2.45) is 5.92 Å². The summed E-state index contributed by atoms with van der Waals surface area (Å²) in [4.78, 5) is 11.8. The summed E-state index contributed by atoms with van der Waals surface area (Å²) in [5, 5.41) is 0. The van der Waals surface area contributed by atoms with Crippen LogP contribution < -0.4 is 0 Å². The Bertz CT molecular complexity index is 243. The molecule has 14 heavy (non-hydrogen) atoms. The van der Waals surface area contributed by atoms with Crippen LogP contribution in [0.1, 0.15) is 40.0 Å². The number of Topliss-reactive ketones (excluding diaryl/α,β-unsaturated/α-hetero) is 1. The SMILES string of the molecule is C=C(C)CCC1CSC(C)(C)CC1=O. The van der Waals surface area contributed by atoms with E-state index in [4.69, 9.17) is 0 Å². The van der Waals surface area contributed by atoms with Crippen molar-refractivity contribution in [1.29, 1.82) is 0 Å². The van der Waals surface area contributed by atoms with Crippen molar-refractivity contribution in [3.8, 4) is 0 Å². The van der Waals surface area contributed by atoms with Crippen molar-refractivity contribution >= 4 is 17.5 Å². The fourth-order valence-electron chi connectivity index (χ4n) is 1.70. The highest BCUT2D eigenvalue weighted by Gasteiger charge is 2.33. The van der Waals surface area contributed by atoms with Crippen LogP contribution in [0.5, 0.6) is 0 Å². The molecule has 0 aromatic rings. The lowest BCUT2D eigenvalue weighted by atomic mass is 9.91. The first-order valence-corrected chi connectivity index (χ1v) is 6.20. The van der Waals surface area contributed by atoms with Gasteiger partial charge in [-0.1, -0.05) is 19.4 Å². The quantitative estimate of drug-likeness (QED) is 0.667. The van der Waals surface area contributed by atoms with Crippen molar-refractivity contribution in [3.63, 3.8) is 0 Å². The van der Waals surface area contributed by atoms with Gasteiger partial charge in [0.1, 0.15) is 5.78 Å². The first-order valence-electron chi connectivity index (χ1n) is 5.22. The third-order valence-electron chi connectivity index (χ3n) is 2.65. The fourth-order valence-corrected chi connectivity index (χ4v) is 2.95. The number of carbonyl (C=O) groups excluding carboxylic acids is 1. The van der Waals surface area contributed by atoms with E-state index < -0.39 is 0 Å². The zero-order chi connectivity index (χ0) is 10.8. The molecule has 0 radical (unpaired) electrons. The highest BCUT2D eigenvalue weighted by atomic mass is 32.2. The summed E-state index contributed by atoms with van der Waals surface area (Å²) in [6.07, 6.45) is 2.73. The van der Waals surface area contributed by atoms with Crippen LogP contribution in [0.25, 0.3) is 0 Å². The van der Waals surface area contributed by atoms with Crippen molar-refractivity contribution in [2.45, 2.75) is 44.8 Å². The highest BCUT2D eigenvalue weighted by molar-refractivity contribution is 8.00. The van der Waals surface area contributed by atoms with Gasteiger partial charge in [0.2, 0.25) is 0 Å². The van der Waals surface area contributed by atoms with Gasteiger partial charge >= 0.3 is 0 Å². The van der Waals surface area contributed by atoms with E-state index in [0.29, 0.717) is 5.78 Å². The topological polar surface area (TPSA) is 17.1 Å². The Balaban J connectivity index is 2.42. The molecule has 0 spiro atoms. The van der Waals surface area contributed by atoms with Gasteiger partial charge in [-0.25, -0.2) is 0 Å². The van der Waals surface area contributed by atoms with Crippen LogP contribution in [0.3, 0.4) is 0 Å². The predicted molar refractivity (Wildman–Crippen MR) is 63.7 cm³/mol. The normalized spacial score (nSPS) is 26.2. The first kappa shape index (κ1) is 11.8. The zero-order valence-electron chi connectivity index (χ0n) is 9.43. The van der Waals surface area contributed by atoms with Gasteiger partial charge in [-0.15, -0.1) is 6.58 Å². The molecule has 0 saturated carbocycles. The van der Waals surface area contributed by atoms with E-state index in [2.05, 4.69) is 20.4 Å². The second-order valence-electron chi connectivity index (χ2n) is 4.91. The van der Waals surface area contributed by atoms with Crippen LogP contribution in [-0.2, 0) is 4.79 Å². The molecule has 1 atom stereocenters. The van der Waals surface area contributed by atoms with Crippen LogP contribution in [-0.4, -0.2) is 16.3 Å². The molecule has 80 valence electrons. The van der Waals surface area contributed by atoms with Gasteiger partial charge in [0.15, 0.2) is 0 Å². The van der Waals surface area contributed by atoms with Crippen molar-refractivity contribution in [3.05, 3.63) is 12.2 Å². The molecule has 1 heterocycles. The second kappa shape index (κ2) is 4.52. The monoisotopic (exact) mass is 212 g/mol. The van der Waals surface area contributed by atoms with Gasteiger partial charge in [0, 0.05) is 22.8 Å². The molecule has 1 saturated heterocycles. The number of ketones is 1. The van der Waals surface area contributed by atoms with Gasteiger partial charge in [0.25, 0.3) is 0 Å². The average molecular weight is 212 g/mol. The maximum atomic E-state index is 11.8. The maximum absolute atomic E-state index is 11.8. The van der Waals surface area contributed by atoms with Crippen LogP contribution in [0, 0.1) is 5.92 Å². The molecular weight excluding hydrogens is 192 g/mol. The van der Waals surface area contributed by atoms with E-state index in [1.807, 2.05) is 18.7 Å². The minimum atomic E-state index is 0.163. The molecule has 1 unspecified atom stereocenters. The molecule has 1 aliphatic rings. The van der Waals surface area contributed by atoms with Crippen LogP contribution >= 0.6 is 11.8 Å². The number of carbonyl (C=O) groups is 1. The largest absolute Gasteiger partial charge is 0.299 e. The zero-order valence-corrected chi connectivity index (χ0v) is 10.2. The Morgan fingerprint density at radius 1 is 1.64 bits per heavy atom. The maximum Gasteiger partial charge on any atom is 0.138 e. The lowest BCUT2D eigenvalue weighted by molar-refractivity contribution is -0.123. The summed E-state index contributed by atoms with van der Waals surface area (Å²) < 4.78 is 0.163. The molecule has 0 aromatic carbocycles. The Hall–Kier alpha value is -0.240. The lowest BCUT2D eigenvalue weighted by Gasteiger charge is -2.32. The second-order valence-corrected chi connectivity index (χ2v) is 6.63. The summed E-state index contributed by atoms with van der Waals surface area (Å²) in [5.74, 6) is 1.73. The smallest absolute Gasteiger partial charge is 0.138 e. The third kappa shape index (κ3) is 3.49. The van der Waals surface area contributed by atoms with E-state index in [0.717, 1.165) is 25.0 Å². The predicted octanol–water partition coefficient (Wildman–Crippen LogP) is 3.44. The van der Waals surface area contributed by atoms with E-state index in [9.17, 15) is 4.79 Å². The Kier molecular flexibility index (Phi) is 3.82. The lowest BCUT2D eigenvalue weighted by Crippen LogP contribution is -2.33. The van der Waals surface area contributed by atoms with E-state index in [1.54, 1.807) is 0 Å². The number of hydrogen-bond donors (Lipinski definition) is 0. The summed E-state index contributed by atoms with van der Waals surface area (Å²) in [6.45, 7) is 10.2. The highest BCUT2D eigenvalue weighted by Crippen LogP contribution is 2.37. The van der Waals surface area contributed by atoms with Crippen molar-refractivity contribution in [1.82, 2.24) is 0 Å². The number of hydrogen-bond acceptors (Lipinski definition) is 2. The molecule has 1 rings (SSSR count). The molecule has 2 heteroatoms. The number of allylic oxidation sites excluding steroid dienone is 1. The summed E-state index contributed by atoms with van der Waals surface area (Å²) in [6, 6.07) is 0. The summed E-state index contributed by atoms with van der Waals surface area (Å²) in [5.41, 5.74) is 1.19. The molecule has 1 fully saturated rings. The first-order chi connectivity index (χ1) is 6.41. The minimum absolute atomic E-state index is 0.163. The molecule has 1 nitrogen and oxygen atoms in total. The van der Waals surface area contributed by atoms with E-state index in [-0.39, 0.29) is 10.7 Å². The third-order valence-corrected chi connectivity index (χ3v) is 4.14. The standard InChI is InChI=1S/C12H20OS/c1-9(2)5-6-10-8-14-12(3,4)7-11(10)13/h10H,1,5-8H2,2-4H3. The van der Waals surface area contributed by atoms with Gasteiger partial charge < -0.3 is 0 Å². The Labute approximate surface area is 91.3 Å².